The van der Waals surface area contributed by atoms with Crippen molar-refractivity contribution < 1.29 is 13.7 Å². The predicted octanol–water partition coefficient (Wildman–Crippen LogP) is 2.80. The van der Waals surface area contributed by atoms with Crippen LogP contribution in [0.1, 0.15) is 24.7 Å². The van der Waals surface area contributed by atoms with Gasteiger partial charge in [0, 0.05) is 23.6 Å². The number of rotatable bonds is 6. The molecule has 3 rings (SSSR count). The fraction of sp³-hybridized carbons (Fsp3) is 0.333. The van der Waals surface area contributed by atoms with Crippen LogP contribution in [0.4, 0.5) is 4.39 Å². The predicted molar refractivity (Wildman–Crippen MR) is 75.4 cm³/mol. The van der Waals surface area contributed by atoms with E-state index in [-0.39, 0.29) is 13.2 Å². The minimum atomic E-state index is 0.139. The topological polar surface area (TPSA) is 74.2 Å². The van der Waals surface area contributed by atoms with Crippen molar-refractivity contribution in [2.75, 3.05) is 13.2 Å². The van der Waals surface area contributed by atoms with Crippen LogP contribution >= 0.6 is 0 Å². The first kappa shape index (κ1) is 13.8. The number of hydrogen-bond donors (Lipinski definition) is 1. The maximum atomic E-state index is 12.4. The van der Waals surface area contributed by atoms with E-state index in [2.05, 4.69) is 10.1 Å². The second-order valence-corrected chi connectivity index (χ2v) is 5.02. The van der Waals surface area contributed by atoms with Crippen LogP contribution in [-0.4, -0.2) is 23.3 Å². The first-order chi connectivity index (χ1) is 10.3. The summed E-state index contributed by atoms with van der Waals surface area (Å²) in [6.45, 7) is 0.280. The highest BCUT2D eigenvalue weighted by atomic mass is 19.1. The summed E-state index contributed by atoms with van der Waals surface area (Å²) in [6.07, 6.45) is 2.73. The third-order valence-corrected chi connectivity index (χ3v) is 3.32. The van der Waals surface area contributed by atoms with Gasteiger partial charge in [0.25, 0.3) is 0 Å². The Morgan fingerprint density at radius 2 is 2.14 bits per heavy atom. The summed E-state index contributed by atoms with van der Waals surface area (Å²) < 4.78 is 23.0. The quantitative estimate of drug-likeness (QED) is 0.885. The molecule has 1 fully saturated rings. The lowest BCUT2D eigenvalue weighted by molar-refractivity contribution is 0.347. The lowest BCUT2D eigenvalue weighted by Crippen LogP contribution is -2.10. The van der Waals surface area contributed by atoms with Crippen molar-refractivity contribution in [1.82, 2.24) is 10.1 Å². The minimum Gasteiger partial charge on any atom is -0.489 e. The second kappa shape index (κ2) is 6.05. The van der Waals surface area contributed by atoms with Gasteiger partial charge < -0.3 is 15.0 Å². The molecule has 0 bridgehead atoms. The van der Waals surface area contributed by atoms with Gasteiger partial charge in [0.05, 0.1) is 6.33 Å². The molecule has 1 aromatic heterocycles. The number of aromatic nitrogens is 2. The van der Waals surface area contributed by atoms with Gasteiger partial charge in [-0.25, -0.2) is 4.39 Å². The van der Waals surface area contributed by atoms with Gasteiger partial charge in [-0.05, 0) is 37.1 Å². The van der Waals surface area contributed by atoms with E-state index in [4.69, 9.17) is 15.0 Å². The summed E-state index contributed by atoms with van der Waals surface area (Å²) in [6, 6.07) is 7.26. The highest BCUT2D eigenvalue weighted by molar-refractivity contribution is 5.55. The van der Waals surface area contributed by atoms with Gasteiger partial charge in [0.15, 0.2) is 0 Å². The molecule has 6 heteroatoms. The third kappa shape index (κ3) is 3.28. The molecule has 0 aliphatic heterocycles. The number of hydrogen-bond acceptors (Lipinski definition) is 5. The molecule has 1 aliphatic rings. The summed E-state index contributed by atoms with van der Waals surface area (Å²) >= 11 is 0. The van der Waals surface area contributed by atoms with E-state index < -0.39 is 0 Å². The molecule has 2 N–H and O–H groups in total. The molecule has 0 saturated heterocycles. The summed E-state index contributed by atoms with van der Waals surface area (Å²) in [5, 5.41) is 3.98. The first-order valence-corrected chi connectivity index (χ1v) is 6.85. The normalized spacial score (nSPS) is 15.2. The monoisotopic (exact) mass is 289 g/mol. The molecule has 0 amide bonds. The Morgan fingerprint density at radius 3 is 2.76 bits per heavy atom. The molecule has 1 saturated carbocycles. The van der Waals surface area contributed by atoms with E-state index in [1.807, 2.05) is 12.1 Å². The Bertz CT molecular complexity index is 633. The van der Waals surface area contributed by atoms with E-state index >= 15 is 0 Å². The van der Waals surface area contributed by atoms with Crippen LogP contribution in [0.25, 0.3) is 11.4 Å². The molecule has 2 aromatic rings. The third-order valence-electron chi connectivity index (χ3n) is 3.32. The molecule has 1 aromatic carbocycles. The average molecular weight is 289 g/mol. The fourth-order valence-electron chi connectivity index (χ4n) is 1.86. The van der Waals surface area contributed by atoms with Crippen LogP contribution in [0.2, 0.25) is 0 Å². The van der Waals surface area contributed by atoms with Crippen LogP contribution in [0.15, 0.2) is 40.7 Å². The molecular formula is C15H16FN3O2. The molecule has 0 unspecified atom stereocenters. The minimum absolute atomic E-state index is 0.139. The molecule has 1 heterocycles. The van der Waals surface area contributed by atoms with E-state index in [1.165, 1.54) is 0 Å². The highest BCUT2D eigenvalue weighted by Crippen LogP contribution is 2.39. The molecule has 21 heavy (non-hydrogen) atoms. The van der Waals surface area contributed by atoms with Crippen LogP contribution in [0.5, 0.6) is 5.75 Å². The van der Waals surface area contributed by atoms with Gasteiger partial charge >= 0.3 is 0 Å². The Balaban J connectivity index is 1.65. The standard InChI is InChI=1S/C15H16FN3O2/c16-7-10(8-17)9-20-13-5-3-11(4-6-13)14-18-15(21-19-14)12-1-2-12/h3-7,12H,1-2,8-9,17H2/b10-7-. The zero-order valence-corrected chi connectivity index (χ0v) is 11.5. The highest BCUT2D eigenvalue weighted by Gasteiger charge is 2.29. The van der Waals surface area contributed by atoms with Gasteiger partial charge in [0.2, 0.25) is 11.7 Å². The van der Waals surface area contributed by atoms with Crippen molar-refractivity contribution >= 4 is 0 Å². The summed E-state index contributed by atoms with van der Waals surface area (Å²) in [4.78, 5) is 4.38. The maximum absolute atomic E-state index is 12.4. The fourth-order valence-corrected chi connectivity index (χ4v) is 1.86. The molecule has 0 spiro atoms. The number of ether oxygens (including phenoxy) is 1. The number of nitrogens with two attached hydrogens (primary N) is 1. The smallest absolute Gasteiger partial charge is 0.230 e. The SMILES string of the molecule is NC/C(=C/F)COc1ccc(-c2noc(C3CC3)n2)cc1. The lowest BCUT2D eigenvalue weighted by Gasteiger charge is -2.07. The number of benzene rings is 1. The van der Waals surface area contributed by atoms with Crippen molar-refractivity contribution in [3.63, 3.8) is 0 Å². The zero-order valence-electron chi connectivity index (χ0n) is 11.5. The molecule has 5 nitrogen and oxygen atoms in total. The van der Waals surface area contributed by atoms with Gasteiger partial charge in [-0.3, -0.25) is 0 Å². The van der Waals surface area contributed by atoms with E-state index in [9.17, 15) is 4.39 Å². The van der Waals surface area contributed by atoms with Crippen LogP contribution < -0.4 is 10.5 Å². The second-order valence-electron chi connectivity index (χ2n) is 5.02. The Labute approximate surface area is 121 Å². The van der Waals surface area contributed by atoms with Crippen LogP contribution in [-0.2, 0) is 0 Å². The van der Waals surface area contributed by atoms with Gasteiger partial charge in [-0.15, -0.1) is 0 Å². The van der Waals surface area contributed by atoms with Crippen molar-refractivity contribution in [3.8, 4) is 17.1 Å². The Kier molecular flexibility index (Phi) is 3.96. The van der Waals surface area contributed by atoms with Gasteiger partial charge in [-0.1, -0.05) is 5.16 Å². The van der Waals surface area contributed by atoms with Crippen molar-refractivity contribution in [3.05, 3.63) is 42.1 Å². The van der Waals surface area contributed by atoms with Crippen molar-refractivity contribution in [2.24, 2.45) is 5.73 Å². The van der Waals surface area contributed by atoms with Crippen molar-refractivity contribution in [2.45, 2.75) is 18.8 Å². The molecule has 1 aliphatic carbocycles. The molecule has 0 radical (unpaired) electrons. The summed E-state index contributed by atoms with van der Waals surface area (Å²) in [5.41, 5.74) is 6.63. The Morgan fingerprint density at radius 1 is 1.38 bits per heavy atom. The van der Waals surface area contributed by atoms with Crippen LogP contribution in [0, 0.1) is 0 Å². The van der Waals surface area contributed by atoms with Crippen LogP contribution in [0.3, 0.4) is 0 Å². The summed E-state index contributed by atoms with van der Waals surface area (Å²) in [7, 11) is 0. The largest absolute Gasteiger partial charge is 0.489 e. The number of halogens is 1. The van der Waals surface area contributed by atoms with E-state index in [0.717, 1.165) is 18.4 Å². The van der Waals surface area contributed by atoms with Gasteiger partial charge in [-0.2, -0.15) is 4.98 Å². The average Bonchev–Trinajstić information content (AvgIpc) is 3.26. The van der Waals surface area contributed by atoms with E-state index in [1.54, 1.807) is 12.1 Å². The molecule has 110 valence electrons. The number of nitrogens with zero attached hydrogens (tertiary/aromatic N) is 2. The first-order valence-electron chi connectivity index (χ1n) is 6.85. The molecule has 0 atom stereocenters. The maximum Gasteiger partial charge on any atom is 0.230 e. The van der Waals surface area contributed by atoms with E-state index in [0.29, 0.717) is 35.3 Å². The summed E-state index contributed by atoms with van der Waals surface area (Å²) in [5.74, 6) is 2.37. The zero-order chi connectivity index (χ0) is 14.7. The lowest BCUT2D eigenvalue weighted by atomic mass is 10.2. The van der Waals surface area contributed by atoms with Crippen molar-refractivity contribution in [1.29, 1.82) is 0 Å². The molecular weight excluding hydrogens is 273 g/mol. The Hall–Kier alpha value is -2.21. The van der Waals surface area contributed by atoms with Gasteiger partial charge in [0.1, 0.15) is 12.4 Å².